The number of fused-ring (bicyclic) bond motifs is 2. The van der Waals surface area contributed by atoms with Gasteiger partial charge in [0.15, 0.2) is 0 Å². The molecule has 8 heteroatoms. The first kappa shape index (κ1) is 22.6. The number of amides is 3. The second-order valence-corrected chi connectivity index (χ2v) is 9.13. The van der Waals surface area contributed by atoms with Crippen molar-refractivity contribution in [2.75, 3.05) is 25.5 Å². The van der Waals surface area contributed by atoms with Crippen molar-refractivity contribution >= 4 is 23.4 Å². The number of nitrogens with one attached hydrogen (secondary N) is 2. The maximum atomic E-state index is 13.2. The fraction of sp³-hybridized carbons (Fsp3) is 0.625. The number of hydrogen-bond donors (Lipinski definition) is 2. The fourth-order valence-electron chi connectivity index (χ4n) is 4.41. The molecule has 2 heterocycles. The zero-order valence-corrected chi connectivity index (χ0v) is 18.9. The predicted octanol–water partition coefficient (Wildman–Crippen LogP) is 2.72. The Bertz CT molecular complexity index is 869. The maximum Gasteiger partial charge on any atom is 0.257 e. The number of carbonyl (C=O) groups is 3. The van der Waals surface area contributed by atoms with E-state index in [9.17, 15) is 14.4 Å². The van der Waals surface area contributed by atoms with E-state index in [0.717, 1.165) is 25.8 Å². The van der Waals surface area contributed by atoms with E-state index < -0.39 is 0 Å². The molecule has 0 unspecified atom stereocenters. The Morgan fingerprint density at radius 1 is 1.16 bits per heavy atom. The van der Waals surface area contributed by atoms with Crippen molar-refractivity contribution in [2.24, 2.45) is 5.92 Å². The average Bonchev–Trinajstić information content (AvgIpc) is 3.60. The minimum absolute atomic E-state index is 0.0274. The minimum Gasteiger partial charge on any atom is -0.490 e. The normalized spacial score (nSPS) is 25.0. The molecule has 0 radical (unpaired) electrons. The molecule has 3 aliphatic rings. The van der Waals surface area contributed by atoms with E-state index in [1.54, 1.807) is 30.1 Å². The van der Waals surface area contributed by atoms with Crippen LogP contribution in [0.2, 0.25) is 0 Å². The monoisotopic (exact) mass is 443 g/mol. The van der Waals surface area contributed by atoms with Gasteiger partial charge in [0, 0.05) is 25.7 Å². The van der Waals surface area contributed by atoms with Crippen LogP contribution in [0.3, 0.4) is 0 Å². The van der Waals surface area contributed by atoms with Crippen LogP contribution in [0.25, 0.3) is 0 Å². The van der Waals surface area contributed by atoms with Crippen LogP contribution in [0.1, 0.15) is 62.2 Å². The van der Waals surface area contributed by atoms with E-state index in [1.165, 1.54) is 12.8 Å². The van der Waals surface area contributed by atoms with E-state index in [4.69, 9.17) is 9.47 Å². The van der Waals surface area contributed by atoms with Gasteiger partial charge in [0.25, 0.3) is 5.91 Å². The second kappa shape index (κ2) is 9.90. The van der Waals surface area contributed by atoms with Crippen molar-refractivity contribution in [3.8, 4) is 5.75 Å². The van der Waals surface area contributed by atoms with Gasteiger partial charge in [-0.25, -0.2) is 0 Å². The van der Waals surface area contributed by atoms with Crippen LogP contribution < -0.4 is 15.4 Å². The highest BCUT2D eigenvalue weighted by atomic mass is 16.5. The number of rotatable bonds is 7. The third-order valence-corrected chi connectivity index (χ3v) is 6.47. The molecule has 0 aromatic heterocycles. The Morgan fingerprint density at radius 2 is 1.97 bits per heavy atom. The van der Waals surface area contributed by atoms with Gasteiger partial charge in [0.1, 0.15) is 18.5 Å². The molecule has 0 bridgehead atoms. The molecule has 2 N–H and O–H groups in total. The highest BCUT2D eigenvalue weighted by Gasteiger charge is 2.39. The van der Waals surface area contributed by atoms with Gasteiger partial charge in [0.2, 0.25) is 11.8 Å². The Balaban J connectivity index is 1.41. The smallest absolute Gasteiger partial charge is 0.257 e. The van der Waals surface area contributed by atoms with Crippen molar-refractivity contribution in [1.82, 2.24) is 10.2 Å². The summed E-state index contributed by atoms with van der Waals surface area (Å²) in [5, 5.41) is 5.84. The van der Waals surface area contributed by atoms with Gasteiger partial charge < -0.3 is 25.0 Å². The molecule has 1 aliphatic carbocycles. The van der Waals surface area contributed by atoms with Gasteiger partial charge in [0.05, 0.1) is 24.1 Å². The lowest BCUT2D eigenvalue weighted by Crippen LogP contribution is -2.54. The van der Waals surface area contributed by atoms with Gasteiger partial charge in [-0.15, -0.1) is 0 Å². The van der Waals surface area contributed by atoms with Gasteiger partial charge in [-0.2, -0.15) is 0 Å². The minimum atomic E-state index is -0.295. The first-order chi connectivity index (χ1) is 15.4. The summed E-state index contributed by atoms with van der Waals surface area (Å²) in [4.78, 5) is 39.1. The van der Waals surface area contributed by atoms with Crippen molar-refractivity contribution in [1.29, 1.82) is 0 Å². The first-order valence-electron chi connectivity index (χ1n) is 11.7. The lowest BCUT2D eigenvalue weighted by molar-refractivity contribution is -0.134. The van der Waals surface area contributed by atoms with Crippen molar-refractivity contribution in [3.63, 3.8) is 0 Å². The molecule has 1 aromatic rings. The van der Waals surface area contributed by atoms with Gasteiger partial charge in [-0.3, -0.25) is 14.4 Å². The summed E-state index contributed by atoms with van der Waals surface area (Å²) >= 11 is 0. The van der Waals surface area contributed by atoms with Crippen LogP contribution in [-0.2, 0) is 14.3 Å². The molecule has 8 nitrogen and oxygen atoms in total. The molecule has 174 valence electrons. The molecule has 4 rings (SSSR count). The number of likely N-dealkylation sites (N-methyl/N-ethyl adjacent to an activating group) is 1. The molecule has 3 amide bonds. The van der Waals surface area contributed by atoms with Crippen LogP contribution in [0.5, 0.6) is 5.75 Å². The van der Waals surface area contributed by atoms with Gasteiger partial charge >= 0.3 is 0 Å². The van der Waals surface area contributed by atoms with E-state index in [2.05, 4.69) is 10.6 Å². The van der Waals surface area contributed by atoms with Crippen molar-refractivity contribution < 1.29 is 23.9 Å². The number of carbonyl (C=O) groups excluding carboxylic acids is 3. The summed E-state index contributed by atoms with van der Waals surface area (Å²) < 4.78 is 12.2. The number of anilines is 1. The van der Waals surface area contributed by atoms with Crippen LogP contribution in [-0.4, -0.2) is 61.1 Å². The lowest BCUT2D eigenvalue weighted by atomic mass is 9.94. The van der Waals surface area contributed by atoms with Crippen LogP contribution >= 0.6 is 0 Å². The summed E-state index contributed by atoms with van der Waals surface area (Å²) in [6.07, 6.45) is 4.94. The largest absolute Gasteiger partial charge is 0.490 e. The molecule has 32 heavy (non-hydrogen) atoms. The number of nitrogens with zero attached hydrogens (tertiary/aromatic N) is 1. The summed E-state index contributed by atoms with van der Waals surface area (Å²) in [6, 6.07) is 5.01. The molecule has 2 fully saturated rings. The highest BCUT2D eigenvalue weighted by molar-refractivity contribution is 5.99. The van der Waals surface area contributed by atoms with Crippen molar-refractivity contribution in [3.05, 3.63) is 23.8 Å². The van der Waals surface area contributed by atoms with Gasteiger partial charge in [-0.05, 0) is 56.2 Å². The zero-order valence-electron chi connectivity index (χ0n) is 18.9. The third-order valence-electron chi connectivity index (χ3n) is 6.47. The number of ether oxygens (including phenoxy) is 2. The third kappa shape index (κ3) is 5.41. The van der Waals surface area contributed by atoms with E-state index >= 15 is 0 Å². The Morgan fingerprint density at radius 3 is 2.72 bits per heavy atom. The summed E-state index contributed by atoms with van der Waals surface area (Å²) in [6.45, 7) is 3.01. The molecular weight excluding hydrogens is 410 g/mol. The Kier molecular flexibility index (Phi) is 6.98. The van der Waals surface area contributed by atoms with E-state index in [0.29, 0.717) is 42.4 Å². The summed E-state index contributed by atoms with van der Waals surface area (Å²) in [5.41, 5.74) is 1.02. The molecule has 1 saturated carbocycles. The predicted molar refractivity (Wildman–Crippen MR) is 120 cm³/mol. The van der Waals surface area contributed by atoms with Crippen molar-refractivity contribution in [2.45, 2.75) is 70.1 Å². The summed E-state index contributed by atoms with van der Waals surface area (Å²) in [7, 11) is 1.78. The van der Waals surface area contributed by atoms with E-state index in [1.807, 2.05) is 6.92 Å². The molecule has 0 spiro atoms. The fourth-order valence-corrected chi connectivity index (χ4v) is 4.41. The lowest BCUT2D eigenvalue weighted by Gasteiger charge is -2.42. The Hall–Kier alpha value is -2.61. The van der Waals surface area contributed by atoms with Gasteiger partial charge in [-0.1, -0.05) is 6.92 Å². The highest BCUT2D eigenvalue weighted by Crippen LogP contribution is 2.33. The quantitative estimate of drug-likeness (QED) is 0.675. The molecule has 1 aromatic carbocycles. The second-order valence-electron chi connectivity index (χ2n) is 9.13. The van der Waals surface area contributed by atoms with Crippen LogP contribution in [0.15, 0.2) is 18.2 Å². The average molecular weight is 444 g/mol. The van der Waals surface area contributed by atoms with E-state index in [-0.39, 0.29) is 36.0 Å². The number of benzene rings is 1. The standard InChI is InChI=1S/C24H33N3O5/c1-3-4-22(28)26-16-7-10-20-18(11-16)24(30)27(2)19-9-8-17(32-21(19)14-31-20)12-23(29)25-13-15-5-6-15/h7,10-11,15,17,19,21H,3-6,8-9,12-14H2,1-2H3,(H,25,29)(H,26,28)/t17-,19-,21+/m0/s1. The molecular formula is C24H33N3O5. The zero-order chi connectivity index (χ0) is 22.7. The Labute approximate surface area is 189 Å². The first-order valence-corrected chi connectivity index (χ1v) is 11.7. The van der Waals surface area contributed by atoms with Crippen LogP contribution in [0, 0.1) is 5.92 Å². The number of hydrogen-bond acceptors (Lipinski definition) is 5. The SMILES string of the molecule is CCCC(=O)Nc1ccc2c(c1)C(=O)N(C)[C@H]1CC[C@@H](CC(=O)NCC3CC3)O[C@@H]1CO2. The molecule has 2 aliphatic heterocycles. The molecule has 3 atom stereocenters. The maximum absolute atomic E-state index is 13.2. The van der Waals surface area contributed by atoms with Crippen LogP contribution in [0.4, 0.5) is 5.69 Å². The topological polar surface area (TPSA) is 97.0 Å². The molecule has 1 saturated heterocycles. The summed E-state index contributed by atoms with van der Waals surface area (Å²) in [5.74, 6) is 0.912.